The van der Waals surface area contributed by atoms with Gasteiger partial charge in [-0.2, -0.15) is 0 Å². The first-order valence-corrected chi connectivity index (χ1v) is 9.49. The predicted octanol–water partition coefficient (Wildman–Crippen LogP) is 3.83. The van der Waals surface area contributed by atoms with Gasteiger partial charge in [-0.1, -0.05) is 30.3 Å². The Hall–Kier alpha value is -1.39. The summed E-state index contributed by atoms with van der Waals surface area (Å²) in [6, 6.07) is 10.6. The quantitative estimate of drug-likeness (QED) is 0.407. The molecule has 0 saturated heterocycles. The zero-order valence-corrected chi connectivity index (χ0v) is 16.0. The van der Waals surface area contributed by atoms with E-state index in [4.69, 9.17) is 9.47 Å². The van der Waals surface area contributed by atoms with Gasteiger partial charge < -0.3 is 14.4 Å². The summed E-state index contributed by atoms with van der Waals surface area (Å²) < 4.78 is 12.0. The molecule has 0 amide bonds. The summed E-state index contributed by atoms with van der Waals surface area (Å²) >= 11 is 0. The first-order valence-electron chi connectivity index (χ1n) is 9.49. The highest BCUT2D eigenvalue weighted by Crippen LogP contribution is 2.35. The summed E-state index contributed by atoms with van der Waals surface area (Å²) in [6.07, 6.45) is 6.86. The summed E-state index contributed by atoms with van der Waals surface area (Å²) in [6.45, 7) is 3.32. The maximum Gasteiger partial charge on any atom is 0.302 e. The molecule has 2 unspecified atom stereocenters. The SMILES string of the molecule is CC(=O)OC1CCCC(Cc2ccccc2)(OCCCN(C)C)CC1. The molecular weight excluding hydrogens is 314 g/mol. The first-order chi connectivity index (χ1) is 12.0. The summed E-state index contributed by atoms with van der Waals surface area (Å²) in [5, 5.41) is 0. The standard InChI is InChI=1S/C21H33NO3/c1-18(23)25-20-11-7-13-21(14-12-20,24-16-8-15-22(2)3)17-19-9-5-4-6-10-19/h4-6,9-10,20H,7-8,11-17H2,1-3H3. The Balaban J connectivity index is 2.02. The van der Waals surface area contributed by atoms with Crippen molar-refractivity contribution >= 4 is 5.97 Å². The van der Waals surface area contributed by atoms with Crippen molar-refractivity contribution in [1.82, 2.24) is 4.90 Å². The average Bonchev–Trinajstić information content (AvgIpc) is 2.75. The van der Waals surface area contributed by atoms with Crippen LogP contribution in [-0.2, 0) is 20.7 Å². The molecule has 0 spiro atoms. The number of hydrogen-bond donors (Lipinski definition) is 0. The van der Waals surface area contributed by atoms with E-state index in [1.165, 1.54) is 12.5 Å². The smallest absolute Gasteiger partial charge is 0.302 e. The zero-order chi connectivity index (χ0) is 18.1. The van der Waals surface area contributed by atoms with Crippen molar-refractivity contribution in [2.24, 2.45) is 0 Å². The lowest BCUT2D eigenvalue weighted by atomic mass is 9.87. The Morgan fingerprint density at radius 3 is 2.64 bits per heavy atom. The lowest BCUT2D eigenvalue weighted by molar-refractivity contribution is -0.147. The zero-order valence-electron chi connectivity index (χ0n) is 16.0. The Labute approximate surface area is 152 Å². The molecule has 0 heterocycles. The van der Waals surface area contributed by atoms with Crippen LogP contribution in [0.2, 0.25) is 0 Å². The lowest BCUT2D eigenvalue weighted by Gasteiger charge is -2.34. The maximum absolute atomic E-state index is 11.3. The van der Waals surface area contributed by atoms with Crippen LogP contribution in [0.4, 0.5) is 0 Å². The molecule has 1 saturated carbocycles. The fraction of sp³-hybridized carbons (Fsp3) is 0.667. The first kappa shape index (κ1) is 19.9. The molecule has 25 heavy (non-hydrogen) atoms. The summed E-state index contributed by atoms with van der Waals surface area (Å²) in [7, 11) is 4.18. The van der Waals surface area contributed by atoms with Crippen LogP contribution in [-0.4, -0.2) is 49.8 Å². The van der Waals surface area contributed by atoms with Crippen LogP contribution in [0.5, 0.6) is 0 Å². The van der Waals surface area contributed by atoms with Crippen LogP contribution in [0.1, 0.15) is 51.0 Å². The van der Waals surface area contributed by atoms with E-state index in [2.05, 4.69) is 49.3 Å². The molecule has 1 aliphatic rings. The van der Waals surface area contributed by atoms with Crippen molar-refractivity contribution in [3.8, 4) is 0 Å². The molecule has 4 heteroatoms. The van der Waals surface area contributed by atoms with Gasteiger partial charge in [-0.05, 0) is 64.7 Å². The van der Waals surface area contributed by atoms with Crippen LogP contribution in [0, 0.1) is 0 Å². The summed E-state index contributed by atoms with van der Waals surface area (Å²) in [5.41, 5.74) is 1.18. The van der Waals surface area contributed by atoms with Gasteiger partial charge in [0.1, 0.15) is 6.10 Å². The third kappa shape index (κ3) is 7.17. The molecule has 1 aromatic carbocycles. The molecule has 4 nitrogen and oxygen atoms in total. The molecule has 0 radical (unpaired) electrons. The van der Waals surface area contributed by atoms with Gasteiger partial charge in [0, 0.05) is 20.0 Å². The van der Waals surface area contributed by atoms with E-state index in [0.717, 1.165) is 58.1 Å². The van der Waals surface area contributed by atoms with Crippen LogP contribution < -0.4 is 0 Å². The molecule has 140 valence electrons. The van der Waals surface area contributed by atoms with E-state index in [1.807, 2.05) is 0 Å². The highest BCUT2D eigenvalue weighted by atomic mass is 16.5. The van der Waals surface area contributed by atoms with Gasteiger partial charge in [0.2, 0.25) is 0 Å². The van der Waals surface area contributed by atoms with E-state index in [0.29, 0.717) is 0 Å². The van der Waals surface area contributed by atoms with Gasteiger partial charge in [-0.25, -0.2) is 0 Å². The second-order valence-electron chi connectivity index (χ2n) is 7.51. The van der Waals surface area contributed by atoms with Gasteiger partial charge in [-0.3, -0.25) is 4.79 Å². The highest BCUT2D eigenvalue weighted by molar-refractivity contribution is 5.66. The number of benzene rings is 1. The van der Waals surface area contributed by atoms with Crippen molar-refractivity contribution in [3.63, 3.8) is 0 Å². The molecule has 1 aliphatic carbocycles. The molecule has 0 aromatic heterocycles. The van der Waals surface area contributed by atoms with E-state index in [9.17, 15) is 4.79 Å². The predicted molar refractivity (Wildman–Crippen MR) is 101 cm³/mol. The second-order valence-corrected chi connectivity index (χ2v) is 7.51. The molecule has 1 aromatic rings. The molecule has 0 bridgehead atoms. The second kappa shape index (κ2) is 9.93. The lowest BCUT2D eigenvalue weighted by Crippen LogP contribution is -2.36. The third-order valence-electron chi connectivity index (χ3n) is 4.94. The van der Waals surface area contributed by atoms with Crippen molar-refractivity contribution in [3.05, 3.63) is 35.9 Å². The number of hydrogen-bond acceptors (Lipinski definition) is 4. The molecule has 0 N–H and O–H groups in total. The fourth-order valence-corrected chi connectivity index (χ4v) is 3.71. The number of carbonyl (C=O) groups excluding carboxylic acids is 1. The Morgan fingerprint density at radius 2 is 1.96 bits per heavy atom. The van der Waals surface area contributed by atoms with E-state index in [1.54, 1.807) is 0 Å². The monoisotopic (exact) mass is 347 g/mol. The van der Waals surface area contributed by atoms with E-state index < -0.39 is 0 Å². The minimum atomic E-state index is -0.174. The Morgan fingerprint density at radius 1 is 1.20 bits per heavy atom. The minimum absolute atomic E-state index is 0.0422. The van der Waals surface area contributed by atoms with Crippen molar-refractivity contribution in [2.45, 2.75) is 63.6 Å². The number of rotatable bonds is 8. The fourth-order valence-electron chi connectivity index (χ4n) is 3.71. The highest BCUT2D eigenvalue weighted by Gasteiger charge is 2.35. The summed E-state index contributed by atoms with van der Waals surface area (Å²) in [4.78, 5) is 13.5. The number of nitrogens with zero attached hydrogens (tertiary/aromatic N) is 1. The molecule has 1 fully saturated rings. The van der Waals surface area contributed by atoms with Crippen LogP contribution in [0.15, 0.2) is 30.3 Å². The molecule has 2 atom stereocenters. The van der Waals surface area contributed by atoms with Crippen molar-refractivity contribution in [2.75, 3.05) is 27.2 Å². The van der Waals surface area contributed by atoms with E-state index >= 15 is 0 Å². The molecule has 0 aliphatic heterocycles. The van der Waals surface area contributed by atoms with Gasteiger partial charge >= 0.3 is 5.97 Å². The van der Waals surface area contributed by atoms with Gasteiger partial charge in [0.05, 0.1) is 5.60 Å². The average molecular weight is 347 g/mol. The maximum atomic E-state index is 11.3. The molecule has 2 rings (SSSR count). The number of esters is 1. The van der Waals surface area contributed by atoms with E-state index in [-0.39, 0.29) is 17.7 Å². The van der Waals surface area contributed by atoms with Crippen molar-refractivity contribution in [1.29, 1.82) is 0 Å². The normalized spacial score (nSPS) is 24.1. The van der Waals surface area contributed by atoms with Crippen molar-refractivity contribution < 1.29 is 14.3 Å². The largest absolute Gasteiger partial charge is 0.463 e. The van der Waals surface area contributed by atoms with Crippen LogP contribution in [0.25, 0.3) is 0 Å². The van der Waals surface area contributed by atoms with Crippen LogP contribution in [0.3, 0.4) is 0 Å². The van der Waals surface area contributed by atoms with Crippen LogP contribution >= 0.6 is 0 Å². The molecular formula is C21H33NO3. The number of carbonyl (C=O) groups is 1. The van der Waals surface area contributed by atoms with Gasteiger partial charge in [0.25, 0.3) is 0 Å². The number of ether oxygens (including phenoxy) is 2. The minimum Gasteiger partial charge on any atom is -0.463 e. The van der Waals surface area contributed by atoms with Gasteiger partial charge in [0.15, 0.2) is 0 Å². The third-order valence-corrected chi connectivity index (χ3v) is 4.94. The Kier molecular flexibility index (Phi) is 7.91. The topological polar surface area (TPSA) is 38.8 Å². The summed E-state index contributed by atoms with van der Waals surface area (Å²) in [5.74, 6) is -0.174. The Bertz CT molecular complexity index is 517. The van der Waals surface area contributed by atoms with Gasteiger partial charge in [-0.15, -0.1) is 0 Å².